The normalized spacial score (nSPS) is 11.6. The summed E-state index contributed by atoms with van der Waals surface area (Å²) in [5.41, 5.74) is 4.35. The summed E-state index contributed by atoms with van der Waals surface area (Å²) in [6.45, 7) is 2.12. The number of fused-ring (bicyclic) bond motifs is 2. The summed E-state index contributed by atoms with van der Waals surface area (Å²) in [4.78, 5) is 9.71. The number of halogens is 2. The summed E-state index contributed by atoms with van der Waals surface area (Å²) >= 11 is 6.17. The number of rotatable bonds is 4. The average Bonchev–Trinajstić information content (AvgIpc) is 3.29. The van der Waals surface area contributed by atoms with Gasteiger partial charge in [-0.2, -0.15) is 5.10 Å². The van der Waals surface area contributed by atoms with Crippen LogP contribution in [0.4, 0.5) is 4.39 Å². The van der Waals surface area contributed by atoms with Crippen molar-refractivity contribution in [3.63, 3.8) is 0 Å². The van der Waals surface area contributed by atoms with E-state index in [1.54, 1.807) is 12.1 Å². The minimum Gasteiger partial charge on any atom is -0.299 e. The Hall–Kier alpha value is -3.25. The Morgan fingerprint density at radius 2 is 1.83 bits per heavy atom. The quantitative estimate of drug-likeness (QED) is 0.374. The van der Waals surface area contributed by atoms with Crippen LogP contribution in [0.2, 0.25) is 5.02 Å². The molecule has 150 valence electrons. The molecule has 0 unspecified atom stereocenters. The Bertz CT molecular complexity index is 1380. The summed E-state index contributed by atoms with van der Waals surface area (Å²) in [5, 5.41) is 6.42. The molecule has 0 bridgehead atoms. The number of nitrogens with zero attached hydrogens (tertiary/aromatic N) is 5. The van der Waals surface area contributed by atoms with Crippen molar-refractivity contribution in [2.24, 2.45) is 7.05 Å². The topological polar surface area (TPSA) is 48.5 Å². The van der Waals surface area contributed by atoms with Crippen molar-refractivity contribution in [3.05, 3.63) is 71.3 Å². The third-order valence-corrected chi connectivity index (χ3v) is 5.44. The summed E-state index contributed by atoms with van der Waals surface area (Å²) in [7, 11) is 1.91. The zero-order valence-electron chi connectivity index (χ0n) is 16.6. The molecule has 5 aromatic rings. The van der Waals surface area contributed by atoms with Crippen LogP contribution < -0.4 is 0 Å². The Kier molecular flexibility index (Phi) is 4.51. The maximum Gasteiger partial charge on any atom is 0.167 e. The smallest absolute Gasteiger partial charge is 0.167 e. The molecule has 30 heavy (non-hydrogen) atoms. The molecule has 7 heteroatoms. The summed E-state index contributed by atoms with van der Waals surface area (Å²) < 4.78 is 17.3. The van der Waals surface area contributed by atoms with Crippen LogP contribution in [0.3, 0.4) is 0 Å². The van der Waals surface area contributed by atoms with Crippen LogP contribution >= 0.6 is 11.6 Å². The second-order valence-corrected chi connectivity index (χ2v) is 7.72. The molecule has 5 nitrogen and oxygen atoms in total. The Morgan fingerprint density at radius 3 is 2.60 bits per heavy atom. The van der Waals surface area contributed by atoms with Crippen LogP contribution in [0, 0.1) is 5.82 Å². The van der Waals surface area contributed by atoms with Crippen molar-refractivity contribution < 1.29 is 4.39 Å². The van der Waals surface area contributed by atoms with Gasteiger partial charge in [-0.3, -0.25) is 9.25 Å². The summed E-state index contributed by atoms with van der Waals surface area (Å²) in [6, 6.07) is 14.0. The van der Waals surface area contributed by atoms with E-state index < -0.39 is 0 Å². The third-order valence-electron chi connectivity index (χ3n) is 5.20. The van der Waals surface area contributed by atoms with Crippen LogP contribution in [0.5, 0.6) is 0 Å². The minimum atomic E-state index is -0.290. The maximum absolute atomic E-state index is 13.5. The molecular weight excluding hydrogens is 401 g/mol. The standard InChI is InChI=1S/C23H19ClFN5/c1-3-4-18-20-21(29(2)28-18)23(27-22(26-20)14-5-8-17(25)9-6-14)30-12-11-15-13-16(24)7-10-19(15)30/h5-13H,3-4H2,1-2H3. The molecule has 0 spiro atoms. The van der Waals surface area contributed by atoms with E-state index in [4.69, 9.17) is 26.7 Å². The molecule has 3 heterocycles. The van der Waals surface area contributed by atoms with E-state index in [1.807, 2.05) is 46.8 Å². The van der Waals surface area contributed by atoms with E-state index in [2.05, 4.69) is 6.92 Å². The Morgan fingerprint density at radius 1 is 1.03 bits per heavy atom. The molecule has 0 aliphatic carbocycles. The van der Waals surface area contributed by atoms with E-state index >= 15 is 0 Å². The van der Waals surface area contributed by atoms with Gasteiger partial charge in [0.2, 0.25) is 0 Å². The first-order chi connectivity index (χ1) is 14.5. The van der Waals surface area contributed by atoms with Crippen LogP contribution in [0.25, 0.3) is 39.1 Å². The number of hydrogen-bond acceptors (Lipinski definition) is 3. The molecule has 2 aromatic carbocycles. The number of benzene rings is 2. The predicted octanol–water partition coefficient (Wildman–Crippen LogP) is 5.72. The van der Waals surface area contributed by atoms with Gasteiger partial charge in [-0.1, -0.05) is 24.9 Å². The fourth-order valence-electron chi connectivity index (χ4n) is 3.82. The van der Waals surface area contributed by atoms with Gasteiger partial charge in [0.25, 0.3) is 0 Å². The molecular formula is C23H19ClFN5. The van der Waals surface area contributed by atoms with Gasteiger partial charge >= 0.3 is 0 Å². The van der Waals surface area contributed by atoms with Gasteiger partial charge in [0.15, 0.2) is 11.6 Å². The molecule has 5 rings (SSSR count). The second-order valence-electron chi connectivity index (χ2n) is 7.28. The second kappa shape index (κ2) is 7.22. The largest absolute Gasteiger partial charge is 0.299 e. The SMILES string of the molecule is CCCc1nn(C)c2c(-n3ccc4cc(Cl)ccc43)nc(-c3ccc(F)cc3)nc12. The fraction of sp³-hybridized carbons (Fsp3) is 0.174. The van der Waals surface area contributed by atoms with Crippen molar-refractivity contribution >= 4 is 33.5 Å². The van der Waals surface area contributed by atoms with Gasteiger partial charge in [-0.15, -0.1) is 0 Å². The molecule has 0 saturated carbocycles. The van der Waals surface area contributed by atoms with Crippen molar-refractivity contribution in [1.82, 2.24) is 24.3 Å². The Labute approximate surface area is 177 Å². The van der Waals surface area contributed by atoms with Gasteiger partial charge in [-0.25, -0.2) is 14.4 Å². The molecule has 0 amide bonds. The van der Waals surface area contributed by atoms with Crippen molar-refractivity contribution in [1.29, 1.82) is 0 Å². The maximum atomic E-state index is 13.5. The third kappa shape index (κ3) is 3.04. The molecule has 0 radical (unpaired) electrons. The minimum absolute atomic E-state index is 0.290. The van der Waals surface area contributed by atoms with Gasteiger partial charge in [0.1, 0.15) is 16.9 Å². The molecule has 0 saturated heterocycles. The van der Waals surface area contributed by atoms with E-state index in [1.165, 1.54) is 12.1 Å². The zero-order valence-corrected chi connectivity index (χ0v) is 17.4. The predicted molar refractivity (Wildman–Crippen MR) is 118 cm³/mol. The highest BCUT2D eigenvalue weighted by Gasteiger charge is 2.20. The highest BCUT2D eigenvalue weighted by Crippen LogP contribution is 2.30. The molecule has 0 aliphatic heterocycles. The average molecular weight is 420 g/mol. The molecule has 3 aromatic heterocycles. The van der Waals surface area contributed by atoms with Crippen LogP contribution in [0.1, 0.15) is 19.0 Å². The molecule has 0 N–H and O–H groups in total. The first-order valence-electron chi connectivity index (χ1n) is 9.81. The lowest BCUT2D eigenvalue weighted by molar-refractivity contribution is 0.628. The van der Waals surface area contributed by atoms with Crippen molar-refractivity contribution in [3.8, 4) is 17.2 Å². The van der Waals surface area contributed by atoms with E-state index in [-0.39, 0.29) is 5.82 Å². The fourth-order valence-corrected chi connectivity index (χ4v) is 4.00. The van der Waals surface area contributed by atoms with Gasteiger partial charge in [0, 0.05) is 29.2 Å². The summed E-state index contributed by atoms with van der Waals surface area (Å²) in [5.74, 6) is 0.981. The number of hydrogen-bond donors (Lipinski definition) is 0. The lowest BCUT2D eigenvalue weighted by Gasteiger charge is -2.10. The van der Waals surface area contributed by atoms with Gasteiger partial charge in [-0.05, 0) is 55.0 Å². The first-order valence-corrected chi connectivity index (χ1v) is 10.2. The van der Waals surface area contributed by atoms with Gasteiger partial charge in [0.05, 0.1) is 11.2 Å². The molecule has 0 aliphatic rings. The van der Waals surface area contributed by atoms with E-state index in [9.17, 15) is 4.39 Å². The Balaban J connectivity index is 1.84. The van der Waals surface area contributed by atoms with Crippen LogP contribution in [0.15, 0.2) is 54.7 Å². The number of aryl methyl sites for hydroxylation is 2. The summed E-state index contributed by atoms with van der Waals surface area (Å²) in [6.07, 6.45) is 3.75. The molecule has 0 fully saturated rings. The molecule has 0 atom stereocenters. The highest BCUT2D eigenvalue weighted by molar-refractivity contribution is 6.31. The lowest BCUT2D eigenvalue weighted by atomic mass is 10.2. The highest BCUT2D eigenvalue weighted by atomic mass is 35.5. The van der Waals surface area contributed by atoms with Crippen LogP contribution in [-0.2, 0) is 13.5 Å². The monoisotopic (exact) mass is 419 g/mol. The first kappa shape index (κ1) is 18.8. The number of aromatic nitrogens is 5. The lowest BCUT2D eigenvalue weighted by Crippen LogP contribution is -2.04. The van der Waals surface area contributed by atoms with Crippen molar-refractivity contribution in [2.75, 3.05) is 0 Å². The van der Waals surface area contributed by atoms with E-state index in [0.29, 0.717) is 10.8 Å². The van der Waals surface area contributed by atoms with Gasteiger partial charge < -0.3 is 0 Å². The van der Waals surface area contributed by atoms with Crippen molar-refractivity contribution in [2.45, 2.75) is 19.8 Å². The van der Waals surface area contributed by atoms with E-state index in [0.717, 1.165) is 51.9 Å². The van der Waals surface area contributed by atoms with Crippen LogP contribution in [-0.4, -0.2) is 24.3 Å². The zero-order chi connectivity index (χ0) is 20.8.